The molecule has 2 N–H and O–H groups in total. The first-order valence-electron chi connectivity index (χ1n) is 7.88. The van der Waals surface area contributed by atoms with Crippen LogP contribution in [-0.4, -0.2) is 49.2 Å². The van der Waals surface area contributed by atoms with Gasteiger partial charge >= 0.3 is 68.9 Å². The van der Waals surface area contributed by atoms with Gasteiger partial charge in [-0.05, 0) is 7.05 Å². The Morgan fingerprint density at radius 1 is 1.36 bits per heavy atom. The van der Waals surface area contributed by atoms with E-state index in [1.807, 2.05) is 12.1 Å². The number of likely N-dealkylation sites (tertiary alicyclic amines) is 1. The van der Waals surface area contributed by atoms with Gasteiger partial charge in [0.2, 0.25) is 11.8 Å². The molecular weight excluding hydrogens is 442 g/mol. The fourth-order valence-electron chi connectivity index (χ4n) is 3.05. The van der Waals surface area contributed by atoms with Crippen LogP contribution in [0.1, 0.15) is 16.8 Å². The number of nitrogens with one attached hydrogen (secondary N) is 2. The molecule has 1 fully saturated rings. The van der Waals surface area contributed by atoms with Crippen LogP contribution >= 0.6 is 0 Å². The summed E-state index contributed by atoms with van der Waals surface area (Å²) < 4.78 is 13.5. The van der Waals surface area contributed by atoms with Crippen molar-refractivity contribution < 1.29 is 82.9 Å². The van der Waals surface area contributed by atoms with Crippen molar-refractivity contribution in [3.63, 3.8) is 0 Å². The molecule has 126 valence electrons. The van der Waals surface area contributed by atoms with Crippen LogP contribution in [0.4, 0.5) is 4.39 Å². The van der Waals surface area contributed by atoms with Crippen molar-refractivity contribution >= 4 is 22.6 Å². The largest absolute Gasteiger partial charge is 1.00 e. The van der Waals surface area contributed by atoms with Gasteiger partial charge in [0.05, 0.1) is 19.3 Å². The van der Waals surface area contributed by atoms with Crippen LogP contribution in [0.15, 0.2) is 36.4 Å². The number of alkyl halides is 1. The smallest absolute Gasteiger partial charge is 0.343 e. The van der Waals surface area contributed by atoms with Crippen molar-refractivity contribution in [1.29, 1.82) is 0 Å². The fraction of sp³-hybridized carbons (Fsp3) is 0.333. The molecule has 3 rings (SSSR count). The Kier molecular flexibility index (Phi) is 7.94. The van der Waals surface area contributed by atoms with E-state index >= 15 is 0 Å². The molecule has 0 saturated carbocycles. The molecule has 0 bridgehead atoms. The minimum Gasteiger partial charge on any atom is -0.343 e. The Labute approximate surface area is 205 Å². The van der Waals surface area contributed by atoms with Crippen molar-refractivity contribution in [2.45, 2.75) is 18.8 Å². The van der Waals surface area contributed by atoms with Gasteiger partial charge in [-0.15, -0.1) is 16.8 Å². The number of fused-ring (bicyclic) bond motifs is 1. The van der Waals surface area contributed by atoms with E-state index in [1.54, 1.807) is 31.3 Å². The van der Waals surface area contributed by atoms with E-state index in [9.17, 15) is 14.0 Å². The fourth-order valence-corrected chi connectivity index (χ4v) is 3.05. The van der Waals surface area contributed by atoms with Crippen molar-refractivity contribution in [3.05, 3.63) is 48.0 Å². The van der Waals surface area contributed by atoms with Crippen LogP contribution in [0.2, 0.25) is 0 Å². The summed E-state index contributed by atoms with van der Waals surface area (Å²) >= 11 is 0. The van der Waals surface area contributed by atoms with Gasteiger partial charge in [0, 0.05) is 12.0 Å². The number of hydrogen-bond donors (Lipinski definition) is 2. The molecule has 1 aliphatic heterocycles. The van der Waals surface area contributed by atoms with E-state index in [0.717, 1.165) is 10.8 Å². The number of benzene rings is 2. The van der Waals surface area contributed by atoms with Gasteiger partial charge in [-0.2, -0.15) is 24.3 Å². The molecule has 0 spiro atoms. The van der Waals surface area contributed by atoms with Gasteiger partial charge in [0.15, 0.2) is 0 Å². The number of amides is 2. The Morgan fingerprint density at radius 2 is 2.16 bits per heavy atom. The number of nitrogens with zero attached hydrogens (tertiary/aromatic N) is 1. The molecule has 1 aliphatic rings. The third-order valence-corrected chi connectivity index (χ3v) is 4.27. The SMILES string of the molecule is CN[C@@H]1CC(F)CN1C(=O)CNC(=O)c1cccc2c[c-]ccc12.[Cs+]. The van der Waals surface area contributed by atoms with Gasteiger partial charge in [0.1, 0.15) is 6.17 Å². The Balaban J connectivity index is 0.00000225. The molecule has 1 saturated heterocycles. The maximum Gasteiger partial charge on any atom is 1.00 e. The zero-order valence-electron chi connectivity index (χ0n) is 14.4. The summed E-state index contributed by atoms with van der Waals surface area (Å²) in [6, 6.07) is 13.7. The average molecular weight is 461 g/mol. The number of carbonyl (C=O) groups is 2. The van der Waals surface area contributed by atoms with E-state index in [1.165, 1.54) is 4.90 Å². The molecule has 25 heavy (non-hydrogen) atoms. The molecule has 0 aliphatic carbocycles. The molecule has 0 aromatic heterocycles. The van der Waals surface area contributed by atoms with E-state index in [0.29, 0.717) is 5.56 Å². The normalized spacial score (nSPS) is 19.5. The van der Waals surface area contributed by atoms with E-state index in [4.69, 9.17) is 0 Å². The molecule has 1 unspecified atom stereocenters. The van der Waals surface area contributed by atoms with Crippen LogP contribution < -0.4 is 79.5 Å². The summed E-state index contributed by atoms with van der Waals surface area (Å²) in [5, 5.41) is 7.27. The standard InChI is InChI=1S/C18H19FN3O2.Cs/c1-20-16-9-13(19)11-22(16)17(23)10-21-18(24)15-8-4-6-12-5-2-3-7-14(12)15;/h3-8,13,16,20H,9-11H2,1H3,(H,21,24);/q-1;+1/t13?,16-;/m0./s1. The van der Waals surface area contributed by atoms with Gasteiger partial charge in [-0.1, -0.05) is 12.1 Å². The second-order valence-corrected chi connectivity index (χ2v) is 5.82. The Hall–Kier alpha value is -0.418. The number of carbonyl (C=O) groups excluding carboxylic acids is 2. The van der Waals surface area contributed by atoms with Crippen LogP contribution in [0, 0.1) is 6.07 Å². The third-order valence-electron chi connectivity index (χ3n) is 4.27. The first-order chi connectivity index (χ1) is 11.6. The monoisotopic (exact) mass is 461 g/mol. The average Bonchev–Trinajstić information content (AvgIpc) is 3.00. The predicted octanol–water partition coefficient (Wildman–Crippen LogP) is -1.51. The molecule has 7 heteroatoms. The number of rotatable bonds is 4. The first-order valence-corrected chi connectivity index (χ1v) is 7.88. The van der Waals surface area contributed by atoms with Crippen LogP contribution in [0.25, 0.3) is 10.8 Å². The summed E-state index contributed by atoms with van der Waals surface area (Å²) in [4.78, 5) is 26.1. The quantitative estimate of drug-likeness (QED) is 0.545. The van der Waals surface area contributed by atoms with Gasteiger partial charge in [0.25, 0.3) is 0 Å². The summed E-state index contributed by atoms with van der Waals surface area (Å²) in [5.41, 5.74) is 0.504. The molecule has 5 nitrogen and oxygen atoms in total. The van der Waals surface area contributed by atoms with Crippen molar-refractivity contribution in [1.82, 2.24) is 15.5 Å². The minimum atomic E-state index is -1.03. The third kappa shape index (κ3) is 4.85. The van der Waals surface area contributed by atoms with Crippen molar-refractivity contribution in [2.75, 3.05) is 20.1 Å². The molecular formula is C18H19CsFN3O2. The summed E-state index contributed by atoms with van der Waals surface area (Å²) in [7, 11) is 1.69. The van der Waals surface area contributed by atoms with Gasteiger partial charge in [-0.25, -0.2) is 4.39 Å². The van der Waals surface area contributed by atoms with E-state index in [2.05, 4.69) is 16.7 Å². The zero-order valence-corrected chi connectivity index (χ0v) is 20.7. The molecule has 1 heterocycles. The van der Waals surface area contributed by atoms with E-state index < -0.39 is 6.17 Å². The van der Waals surface area contributed by atoms with Crippen LogP contribution in [-0.2, 0) is 4.79 Å². The Morgan fingerprint density at radius 3 is 2.92 bits per heavy atom. The maximum absolute atomic E-state index is 13.5. The van der Waals surface area contributed by atoms with Gasteiger partial charge < -0.3 is 15.5 Å². The van der Waals surface area contributed by atoms with Crippen LogP contribution in [0.5, 0.6) is 0 Å². The predicted molar refractivity (Wildman–Crippen MR) is 89.2 cm³/mol. The molecule has 0 radical (unpaired) electrons. The zero-order chi connectivity index (χ0) is 17.1. The van der Waals surface area contributed by atoms with Crippen LogP contribution in [0.3, 0.4) is 0 Å². The Bertz CT molecular complexity index is 766. The topological polar surface area (TPSA) is 61.4 Å². The number of hydrogen-bond acceptors (Lipinski definition) is 3. The second-order valence-electron chi connectivity index (χ2n) is 5.82. The molecule has 2 amide bonds. The van der Waals surface area contributed by atoms with Crippen molar-refractivity contribution in [3.8, 4) is 0 Å². The summed E-state index contributed by atoms with van der Waals surface area (Å²) in [5.74, 6) is -0.617. The van der Waals surface area contributed by atoms with E-state index in [-0.39, 0.29) is 106 Å². The molecule has 2 aromatic rings. The maximum atomic E-state index is 13.5. The summed E-state index contributed by atoms with van der Waals surface area (Å²) in [6.07, 6.45) is -1.08. The van der Waals surface area contributed by atoms with Crippen molar-refractivity contribution in [2.24, 2.45) is 0 Å². The minimum absolute atomic E-state index is 0. The molecule has 2 aromatic carbocycles. The number of halogens is 1. The first kappa shape index (κ1) is 20.9. The second kappa shape index (κ2) is 9.50. The van der Waals surface area contributed by atoms with Gasteiger partial charge in [-0.3, -0.25) is 9.59 Å². The molecule has 2 atom stereocenters. The summed E-state index contributed by atoms with van der Waals surface area (Å²) in [6.45, 7) is -0.0939.